The third kappa shape index (κ3) is 5.99. The van der Waals surface area contributed by atoms with E-state index < -0.39 is 11.7 Å². The number of nitrogens with one attached hydrogen (secondary N) is 2. The van der Waals surface area contributed by atoms with Crippen LogP contribution in [-0.2, 0) is 15.9 Å². The highest BCUT2D eigenvalue weighted by Crippen LogP contribution is 2.31. The number of aromatic nitrogens is 1. The van der Waals surface area contributed by atoms with Crippen molar-refractivity contribution in [2.45, 2.75) is 38.9 Å². The van der Waals surface area contributed by atoms with Crippen molar-refractivity contribution in [2.75, 3.05) is 6.54 Å². The van der Waals surface area contributed by atoms with E-state index >= 15 is 0 Å². The van der Waals surface area contributed by atoms with Gasteiger partial charge in [0.1, 0.15) is 17.5 Å². The topological polar surface area (TPSA) is 101 Å². The lowest BCUT2D eigenvalue weighted by molar-refractivity contribution is 0.0528. The average Bonchev–Trinajstić information content (AvgIpc) is 3.20. The van der Waals surface area contributed by atoms with Gasteiger partial charge in [-0.1, -0.05) is 35.6 Å². The Labute approximate surface area is 172 Å². The minimum absolute atomic E-state index is 0.155. The summed E-state index contributed by atoms with van der Waals surface area (Å²) in [6, 6.07) is 7.95. The fourth-order valence-electron chi connectivity index (χ4n) is 2.72. The van der Waals surface area contributed by atoms with Gasteiger partial charge in [0.05, 0.1) is 4.88 Å². The van der Waals surface area contributed by atoms with Crippen molar-refractivity contribution < 1.29 is 19.4 Å². The molecule has 8 heteroatoms. The number of amides is 1. The van der Waals surface area contributed by atoms with E-state index in [4.69, 9.17) is 9.47 Å². The number of ether oxygens (including phenoxy) is 2. The highest BCUT2D eigenvalue weighted by atomic mass is 32.1. The minimum atomic E-state index is -0.508. The van der Waals surface area contributed by atoms with Crippen molar-refractivity contribution in [2.24, 2.45) is 0 Å². The molecule has 1 aliphatic heterocycles. The van der Waals surface area contributed by atoms with Crippen LogP contribution in [0.25, 0.3) is 6.08 Å². The van der Waals surface area contributed by atoms with Crippen LogP contribution in [0.2, 0.25) is 0 Å². The lowest BCUT2D eigenvalue weighted by atomic mass is 10.1. The lowest BCUT2D eigenvalue weighted by Gasteiger charge is -2.19. The zero-order chi connectivity index (χ0) is 21.0. The summed E-state index contributed by atoms with van der Waals surface area (Å²) in [7, 11) is 0. The Bertz CT molecular complexity index is 980. The molecule has 1 aliphatic rings. The number of aromatic hydroxyl groups is 1. The summed E-state index contributed by atoms with van der Waals surface area (Å²) >= 11 is 0.922. The monoisotopic (exact) mass is 416 g/mol. The average molecular weight is 416 g/mol. The molecule has 3 rings (SSSR count). The first-order valence-electron chi connectivity index (χ1n) is 9.24. The molecule has 0 saturated heterocycles. The van der Waals surface area contributed by atoms with Gasteiger partial charge in [-0.25, -0.2) is 4.79 Å². The third-order valence-corrected chi connectivity index (χ3v) is 4.84. The number of carbonyl (C=O) groups excluding carboxylic acids is 1. The van der Waals surface area contributed by atoms with E-state index in [1.807, 2.05) is 57.2 Å². The molecule has 7 nitrogen and oxygen atoms in total. The molecule has 1 atom stereocenters. The molecular weight excluding hydrogens is 392 g/mol. The van der Waals surface area contributed by atoms with Gasteiger partial charge in [0.2, 0.25) is 5.88 Å². The van der Waals surface area contributed by atoms with Crippen LogP contribution >= 0.6 is 11.3 Å². The summed E-state index contributed by atoms with van der Waals surface area (Å²) in [4.78, 5) is 25.4. The maximum absolute atomic E-state index is 11.7. The van der Waals surface area contributed by atoms with Crippen LogP contribution in [0.1, 0.15) is 42.9 Å². The zero-order valence-corrected chi connectivity index (χ0v) is 17.3. The third-order valence-electron chi connectivity index (χ3n) is 4.02. The highest BCUT2D eigenvalue weighted by Gasteiger charge is 2.18. The van der Waals surface area contributed by atoms with Crippen LogP contribution in [0.3, 0.4) is 0 Å². The first-order chi connectivity index (χ1) is 13.7. The number of rotatable bonds is 5. The molecule has 0 fully saturated rings. The second-order valence-electron chi connectivity index (χ2n) is 7.59. The van der Waals surface area contributed by atoms with E-state index in [-0.39, 0.29) is 16.9 Å². The normalized spacial score (nSPS) is 17.3. The summed E-state index contributed by atoms with van der Waals surface area (Å²) in [5.74, 6) is 0.420. The van der Waals surface area contributed by atoms with E-state index in [1.165, 1.54) is 0 Å². The SMILES string of the molecule is CC(C)(C)OC(=O)NCCc1ccc(C2C=CC(=Cc3sc(=O)[nH]c3O)O2)cc1. The second kappa shape index (κ2) is 8.57. The van der Waals surface area contributed by atoms with Crippen LogP contribution in [0, 0.1) is 0 Å². The molecule has 29 heavy (non-hydrogen) atoms. The fraction of sp³-hybridized carbons (Fsp3) is 0.333. The molecule has 2 aromatic rings. The number of alkyl carbamates (subject to hydrolysis) is 1. The molecule has 1 aromatic heterocycles. The lowest BCUT2D eigenvalue weighted by Crippen LogP contribution is -2.33. The Morgan fingerprint density at radius 3 is 2.69 bits per heavy atom. The molecule has 0 radical (unpaired) electrons. The second-order valence-corrected chi connectivity index (χ2v) is 8.61. The molecule has 2 heterocycles. The van der Waals surface area contributed by atoms with Crippen LogP contribution in [-0.4, -0.2) is 28.3 Å². The Kier molecular flexibility index (Phi) is 6.12. The summed E-state index contributed by atoms with van der Waals surface area (Å²) in [6.07, 6.45) is 5.40. The van der Waals surface area contributed by atoms with Gasteiger partial charge in [-0.3, -0.25) is 9.78 Å². The summed E-state index contributed by atoms with van der Waals surface area (Å²) in [5.41, 5.74) is 1.57. The number of aromatic amines is 1. The molecule has 0 aliphatic carbocycles. The van der Waals surface area contributed by atoms with Crippen molar-refractivity contribution in [3.8, 4) is 5.88 Å². The van der Waals surface area contributed by atoms with Crippen molar-refractivity contribution in [3.05, 3.63) is 67.8 Å². The van der Waals surface area contributed by atoms with Gasteiger partial charge in [-0.2, -0.15) is 0 Å². The predicted octanol–water partition coefficient (Wildman–Crippen LogP) is 3.88. The number of carbonyl (C=O) groups is 1. The van der Waals surface area contributed by atoms with E-state index in [0.717, 1.165) is 22.5 Å². The van der Waals surface area contributed by atoms with E-state index in [1.54, 1.807) is 6.08 Å². The maximum Gasteiger partial charge on any atom is 0.407 e. The highest BCUT2D eigenvalue weighted by molar-refractivity contribution is 7.10. The van der Waals surface area contributed by atoms with Crippen molar-refractivity contribution in [3.63, 3.8) is 0 Å². The number of allylic oxidation sites excluding steroid dienone is 1. The summed E-state index contributed by atoms with van der Waals surface area (Å²) in [6.45, 7) is 5.97. The van der Waals surface area contributed by atoms with Gasteiger partial charge in [0.25, 0.3) is 0 Å². The maximum atomic E-state index is 11.7. The van der Waals surface area contributed by atoms with E-state index in [0.29, 0.717) is 23.6 Å². The Morgan fingerprint density at radius 1 is 1.34 bits per heavy atom. The molecule has 154 valence electrons. The fourth-order valence-corrected chi connectivity index (χ4v) is 3.40. The first-order valence-corrected chi connectivity index (χ1v) is 10.1. The molecule has 0 spiro atoms. The number of H-pyrrole nitrogens is 1. The smallest absolute Gasteiger partial charge is 0.407 e. The van der Waals surface area contributed by atoms with E-state index in [9.17, 15) is 14.7 Å². The number of hydrogen-bond acceptors (Lipinski definition) is 6. The summed E-state index contributed by atoms with van der Waals surface area (Å²) in [5, 5.41) is 12.4. The predicted molar refractivity (Wildman–Crippen MR) is 112 cm³/mol. The van der Waals surface area contributed by atoms with Gasteiger partial charge in [0.15, 0.2) is 0 Å². The Morgan fingerprint density at radius 2 is 2.07 bits per heavy atom. The largest absolute Gasteiger partial charge is 0.493 e. The zero-order valence-electron chi connectivity index (χ0n) is 16.5. The van der Waals surface area contributed by atoms with E-state index in [2.05, 4.69) is 10.3 Å². The number of thiazole rings is 1. The molecule has 3 N–H and O–H groups in total. The molecule has 1 aromatic carbocycles. The standard InChI is InChI=1S/C21H24N2O5S/c1-21(2,3)28-19(25)22-11-10-13-4-6-14(7-5-13)16-9-8-15(27-16)12-17-18(24)23-20(26)29-17/h4-9,12,16,24H,10-11H2,1-3H3,(H,22,25)(H,23,26). The van der Waals surface area contributed by atoms with Gasteiger partial charge in [-0.05, 0) is 50.5 Å². The molecule has 0 saturated carbocycles. The number of benzene rings is 1. The molecule has 1 amide bonds. The van der Waals surface area contributed by atoms with Gasteiger partial charge >= 0.3 is 11.0 Å². The van der Waals surface area contributed by atoms with Gasteiger partial charge < -0.3 is 19.9 Å². The molecule has 1 unspecified atom stereocenters. The van der Waals surface area contributed by atoms with Crippen molar-refractivity contribution in [1.29, 1.82) is 0 Å². The Hall–Kier alpha value is -3.00. The van der Waals surface area contributed by atoms with Crippen LogP contribution in [0.5, 0.6) is 5.88 Å². The van der Waals surface area contributed by atoms with Crippen LogP contribution < -0.4 is 10.2 Å². The quantitative estimate of drug-likeness (QED) is 0.687. The molecular formula is C21H24N2O5S. The molecule has 0 bridgehead atoms. The van der Waals surface area contributed by atoms with Gasteiger partial charge in [-0.15, -0.1) is 0 Å². The van der Waals surface area contributed by atoms with Crippen molar-refractivity contribution in [1.82, 2.24) is 10.3 Å². The number of hydrogen-bond donors (Lipinski definition) is 3. The minimum Gasteiger partial charge on any atom is -0.493 e. The van der Waals surface area contributed by atoms with Crippen LogP contribution in [0.4, 0.5) is 4.79 Å². The van der Waals surface area contributed by atoms with Gasteiger partial charge in [0, 0.05) is 12.6 Å². The first kappa shape index (κ1) is 20.7. The Balaban J connectivity index is 1.52. The summed E-state index contributed by atoms with van der Waals surface area (Å²) < 4.78 is 11.1. The van der Waals surface area contributed by atoms with Crippen molar-refractivity contribution >= 4 is 23.5 Å². The van der Waals surface area contributed by atoms with Crippen LogP contribution in [0.15, 0.2) is 47.0 Å².